The van der Waals surface area contributed by atoms with Gasteiger partial charge in [0.2, 0.25) is 5.91 Å². The Balaban J connectivity index is 2.51. The molecule has 1 rings (SSSR count). The first-order valence-electron chi connectivity index (χ1n) is 5.25. The zero-order valence-corrected chi connectivity index (χ0v) is 11.5. The van der Waals surface area contributed by atoms with Gasteiger partial charge in [-0.3, -0.25) is 4.79 Å². The first kappa shape index (κ1) is 13.8. The molecule has 1 aromatic rings. The van der Waals surface area contributed by atoms with Crippen molar-refractivity contribution in [2.24, 2.45) is 0 Å². The predicted octanol–water partition coefficient (Wildman–Crippen LogP) is 3.77. The first-order chi connectivity index (χ1) is 7.67. The van der Waals surface area contributed by atoms with Crippen LogP contribution in [0.4, 0.5) is 0 Å². The van der Waals surface area contributed by atoms with E-state index in [2.05, 4.69) is 0 Å². The molecule has 0 aromatic carbocycles. The summed E-state index contributed by atoms with van der Waals surface area (Å²) in [4.78, 5) is 14.7. The summed E-state index contributed by atoms with van der Waals surface area (Å²) in [6.45, 7) is 3.35. The fraction of sp³-hybridized carbons (Fsp3) is 0.545. The standard InChI is InChI=1S/C11H15Cl2NOS/c1-2-14(11(15)4-3-7-12)8-9-5-6-10(13)16-9/h5-6H,2-4,7-8H2,1H3. The van der Waals surface area contributed by atoms with Gasteiger partial charge in [0.05, 0.1) is 10.9 Å². The summed E-state index contributed by atoms with van der Waals surface area (Å²) in [6, 6.07) is 3.82. The molecule has 0 bridgehead atoms. The number of thiophene rings is 1. The first-order valence-corrected chi connectivity index (χ1v) is 6.98. The summed E-state index contributed by atoms with van der Waals surface area (Å²) in [7, 11) is 0. The third kappa shape index (κ3) is 4.32. The second-order valence-corrected chi connectivity index (χ2v) is 5.58. The van der Waals surface area contributed by atoms with Crippen LogP contribution in [-0.4, -0.2) is 23.2 Å². The van der Waals surface area contributed by atoms with Crippen LogP contribution in [0, 0.1) is 0 Å². The third-order valence-corrected chi connectivity index (χ3v) is 3.72. The molecular weight excluding hydrogens is 265 g/mol. The highest BCUT2D eigenvalue weighted by atomic mass is 35.5. The summed E-state index contributed by atoms with van der Waals surface area (Å²) in [5.41, 5.74) is 0. The van der Waals surface area contributed by atoms with E-state index in [9.17, 15) is 4.79 Å². The van der Waals surface area contributed by atoms with Crippen molar-refractivity contribution >= 4 is 40.4 Å². The Morgan fingerprint density at radius 2 is 2.25 bits per heavy atom. The van der Waals surface area contributed by atoms with E-state index in [0.29, 0.717) is 18.8 Å². The van der Waals surface area contributed by atoms with Crippen molar-refractivity contribution in [3.8, 4) is 0 Å². The maximum Gasteiger partial charge on any atom is 0.222 e. The molecule has 0 aliphatic rings. The molecule has 0 saturated carbocycles. The van der Waals surface area contributed by atoms with E-state index in [4.69, 9.17) is 23.2 Å². The van der Waals surface area contributed by atoms with Crippen LogP contribution >= 0.6 is 34.5 Å². The van der Waals surface area contributed by atoms with Gasteiger partial charge in [0, 0.05) is 23.7 Å². The molecule has 0 atom stereocenters. The average Bonchev–Trinajstić information content (AvgIpc) is 2.68. The molecule has 0 spiro atoms. The van der Waals surface area contributed by atoms with Gasteiger partial charge in [-0.25, -0.2) is 0 Å². The SMILES string of the molecule is CCN(Cc1ccc(Cl)s1)C(=O)CCCCl. The lowest BCUT2D eigenvalue weighted by atomic mass is 10.3. The molecule has 0 fully saturated rings. The minimum absolute atomic E-state index is 0.160. The summed E-state index contributed by atoms with van der Waals surface area (Å²) in [5, 5.41) is 0. The Labute approximate surface area is 110 Å². The number of alkyl halides is 1. The second kappa shape index (κ2) is 7.15. The molecule has 2 nitrogen and oxygen atoms in total. The average molecular weight is 280 g/mol. The Morgan fingerprint density at radius 3 is 2.75 bits per heavy atom. The highest BCUT2D eigenvalue weighted by Crippen LogP contribution is 2.22. The maximum atomic E-state index is 11.8. The molecule has 0 saturated heterocycles. The van der Waals surface area contributed by atoms with E-state index in [1.165, 1.54) is 11.3 Å². The minimum Gasteiger partial charge on any atom is -0.338 e. The molecule has 0 radical (unpaired) electrons. The molecule has 0 N–H and O–H groups in total. The number of halogens is 2. The van der Waals surface area contributed by atoms with Gasteiger partial charge in [0.25, 0.3) is 0 Å². The zero-order chi connectivity index (χ0) is 12.0. The molecule has 90 valence electrons. The van der Waals surface area contributed by atoms with Crippen molar-refractivity contribution in [3.05, 3.63) is 21.3 Å². The number of hydrogen-bond acceptors (Lipinski definition) is 2. The Kier molecular flexibility index (Phi) is 6.17. The van der Waals surface area contributed by atoms with Crippen LogP contribution in [0.5, 0.6) is 0 Å². The Bertz CT molecular complexity index is 340. The largest absolute Gasteiger partial charge is 0.338 e. The fourth-order valence-corrected chi connectivity index (χ4v) is 2.61. The minimum atomic E-state index is 0.160. The number of carbonyl (C=O) groups is 1. The molecule has 0 unspecified atom stereocenters. The van der Waals surface area contributed by atoms with Crippen molar-refractivity contribution in [1.29, 1.82) is 0 Å². The summed E-state index contributed by atoms with van der Waals surface area (Å²) in [6.07, 6.45) is 1.26. The number of carbonyl (C=O) groups excluding carboxylic acids is 1. The molecule has 1 aromatic heterocycles. The quantitative estimate of drug-likeness (QED) is 0.726. The molecular formula is C11H15Cl2NOS. The lowest BCUT2D eigenvalue weighted by molar-refractivity contribution is -0.131. The van der Waals surface area contributed by atoms with E-state index in [0.717, 1.165) is 22.2 Å². The summed E-state index contributed by atoms with van der Waals surface area (Å²) >= 11 is 12.9. The van der Waals surface area contributed by atoms with Gasteiger partial charge < -0.3 is 4.90 Å². The van der Waals surface area contributed by atoms with Gasteiger partial charge in [-0.1, -0.05) is 11.6 Å². The Morgan fingerprint density at radius 1 is 1.50 bits per heavy atom. The number of hydrogen-bond donors (Lipinski definition) is 0. The van der Waals surface area contributed by atoms with Gasteiger partial charge in [0.15, 0.2) is 0 Å². The number of rotatable bonds is 6. The van der Waals surface area contributed by atoms with Crippen LogP contribution in [0.15, 0.2) is 12.1 Å². The fourth-order valence-electron chi connectivity index (χ4n) is 1.38. The van der Waals surface area contributed by atoms with Gasteiger partial charge in [-0.05, 0) is 25.5 Å². The summed E-state index contributed by atoms with van der Waals surface area (Å²) in [5.74, 6) is 0.696. The van der Waals surface area contributed by atoms with E-state index in [-0.39, 0.29) is 5.91 Å². The Hall–Kier alpha value is -0.250. The van der Waals surface area contributed by atoms with Crippen molar-refractivity contribution in [1.82, 2.24) is 4.90 Å². The van der Waals surface area contributed by atoms with E-state index in [1.54, 1.807) is 0 Å². The molecule has 0 aliphatic carbocycles. The van der Waals surface area contributed by atoms with Gasteiger partial charge in [0.1, 0.15) is 0 Å². The molecule has 16 heavy (non-hydrogen) atoms. The van der Waals surface area contributed by atoms with Gasteiger partial charge in [-0.2, -0.15) is 0 Å². The van der Waals surface area contributed by atoms with Crippen LogP contribution in [0.2, 0.25) is 4.34 Å². The van der Waals surface area contributed by atoms with Crippen molar-refractivity contribution < 1.29 is 4.79 Å². The number of nitrogens with zero attached hydrogens (tertiary/aromatic N) is 1. The second-order valence-electron chi connectivity index (χ2n) is 3.41. The molecule has 1 heterocycles. The summed E-state index contributed by atoms with van der Waals surface area (Å²) < 4.78 is 0.763. The van der Waals surface area contributed by atoms with Crippen LogP contribution in [0.25, 0.3) is 0 Å². The van der Waals surface area contributed by atoms with Crippen LogP contribution in [0.1, 0.15) is 24.6 Å². The van der Waals surface area contributed by atoms with Crippen molar-refractivity contribution in [2.75, 3.05) is 12.4 Å². The molecule has 5 heteroatoms. The number of amides is 1. The maximum absolute atomic E-state index is 11.8. The van der Waals surface area contributed by atoms with E-state index < -0.39 is 0 Å². The van der Waals surface area contributed by atoms with E-state index in [1.807, 2.05) is 24.0 Å². The highest BCUT2D eigenvalue weighted by Gasteiger charge is 2.12. The van der Waals surface area contributed by atoms with Gasteiger partial charge in [-0.15, -0.1) is 22.9 Å². The smallest absolute Gasteiger partial charge is 0.222 e. The van der Waals surface area contributed by atoms with Gasteiger partial charge >= 0.3 is 0 Å². The van der Waals surface area contributed by atoms with Crippen LogP contribution in [-0.2, 0) is 11.3 Å². The zero-order valence-electron chi connectivity index (χ0n) is 9.21. The van der Waals surface area contributed by atoms with Crippen molar-refractivity contribution in [3.63, 3.8) is 0 Å². The van der Waals surface area contributed by atoms with E-state index >= 15 is 0 Å². The molecule has 1 amide bonds. The monoisotopic (exact) mass is 279 g/mol. The molecule has 0 aliphatic heterocycles. The third-order valence-electron chi connectivity index (χ3n) is 2.23. The lowest BCUT2D eigenvalue weighted by Gasteiger charge is -2.19. The van der Waals surface area contributed by atoms with Crippen LogP contribution in [0.3, 0.4) is 0 Å². The van der Waals surface area contributed by atoms with Crippen molar-refractivity contribution in [2.45, 2.75) is 26.3 Å². The normalized spacial score (nSPS) is 10.4. The highest BCUT2D eigenvalue weighted by molar-refractivity contribution is 7.16. The topological polar surface area (TPSA) is 20.3 Å². The lowest BCUT2D eigenvalue weighted by Crippen LogP contribution is -2.29. The van der Waals surface area contributed by atoms with Crippen LogP contribution < -0.4 is 0 Å². The predicted molar refractivity (Wildman–Crippen MR) is 70.4 cm³/mol.